The van der Waals surface area contributed by atoms with Crippen LogP contribution in [0.2, 0.25) is 0 Å². The molecule has 2 aromatic rings. The largest absolute Gasteiger partial charge is 0.464 e. The van der Waals surface area contributed by atoms with E-state index in [0.717, 1.165) is 23.1 Å². The van der Waals surface area contributed by atoms with Gasteiger partial charge in [-0.15, -0.1) is 0 Å². The topological polar surface area (TPSA) is 13.1 Å². The first-order valence-corrected chi connectivity index (χ1v) is 5.71. The first kappa shape index (κ1) is 9.53. The number of rotatable bonds is 3. The first-order chi connectivity index (χ1) is 6.90. The molecule has 0 amide bonds. The zero-order valence-electron chi connectivity index (χ0n) is 7.74. The Balaban J connectivity index is 2.31. The fourth-order valence-electron chi connectivity index (χ4n) is 1.43. The summed E-state index contributed by atoms with van der Waals surface area (Å²) in [6.45, 7) is 0. The number of furan rings is 1. The summed E-state index contributed by atoms with van der Waals surface area (Å²) in [5, 5.41) is 0.995. The van der Waals surface area contributed by atoms with Crippen LogP contribution in [0.3, 0.4) is 0 Å². The van der Waals surface area contributed by atoms with Gasteiger partial charge in [-0.1, -0.05) is 34.1 Å². The summed E-state index contributed by atoms with van der Waals surface area (Å²) in [7, 11) is 0. The van der Waals surface area contributed by atoms with Crippen molar-refractivity contribution in [3.63, 3.8) is 0 Å². The van der Waals surface area contributed by atoms with E-state index in [1.165, 1.54) is 5.56 Å². The molecule has 72 valence electrons. The van der Waals surface area contributed by atoms with Gasteiger partial charge in [0.15, 0.2) is 0 Å². The molecule has 0 aliphatic rings. The number of aryl methyl sites for hydroxylation is 1. The molecule has 0 saturated heterocycles. The van der Waals surface area contributed by atoms with Gasteiger partial charge in [0.25, 0.3) is 0 Å². The fourth-order valence-corrected chi connectivity index (χ4v) is 1.89. The Bertz CT molecular complexity index is 392. The molecule has 2 rings (SSSR count). The molecular weight excluding hydrogens is 240 g/mol. The predicted octanol–water partition coefficient (Wildman–Crippen LogP) is 3.88. The van der Waals surface area contributed by atoms with E-state index in [0.29, 0.717) is 0 Å². The monoisotopic (exact) mass is 250 g/mol. The van der Waals surface area contributed by atoms with Gasteiger partial charge >= 0.3 is 0 Å². The molecule has 1 nitrogen and oxygen atoms in total. The Morgan fingerprint density at radius 2 is 2.07 bits per heavy atom. The molecular formula is C12H11BrO. The molecule has 0 N–H and O–H groups in total. The lowest BCUT2D eigenvalue weighted by molar-refractivity contribution is 0.582. The summed E-state index contributed by atoms with van der Waals surface area (Å²) in [6.07, 6.45) is 2.75. The van der Waals surface area contributed by atoms with Gasteiger partial charge in [0.05, 0.1) is 6.26 Å². The summed E-state index contributed by atoms with van der Waals surface area (Å²) in [5.41, 5.74) is 2.48. The van der Waals surface area contributed by atoms with Crippen molar-refractivity contribution in [2.45, 2.75) is 6.42 Å². The molecule has 1 aromatic heterocycles. The molecule has 2 heteroatoms. The van der Waals surface area contributed by atoms with Crippen LogP contribution in [0.5, 0.6) is 0 Å². The van der Waals surface area contributed by atoms with E-state index in [-0.39, 0.29) is 0 Å². The number of halogens is 1. The zero-order valence-corrected chi connectivity index (χ0v) is 9.33. The van der Waals surface area contributed by atoms with Crippen LogP contribution in [-0.2, 0) is 6.42 Å². The van der Waals surface area contributed by atoms with Gasteiger partial charge < -0.3 is 4.42 Å². The Morgan fingerprint density at radius 1 is 1.14 bits per heavy atom. The maximum atomic E-state index is 5.34. The van der Waals surface area contributed by atoms with E-state index in [1.807, 2.05) is 12.1 Å². The number of hydrogen-bond acceptors (Lipinski definition) is 1. The fraction of sp³-hybridized carbons (Fsp3) is 0.167. The van der Waals surface area contributed by atoms with E-state index in [1.54, 1.807) is 6.26 Å². The van der Waals surface area contributed by atoms with Crippen LogP contribution >= 0.6 is 15.9 Å². The normalized spacial score (nSPS) is 10.4. The van der Waals surface area contributed by atoms with Crippen molar-refractivity contribution in [2.75, 3.05) is 5.33 Å². The predicted molar refractivity (Wildman–Crippen MR) is 61.6 cm³/mol. The van der Waals surface area contributed by atoms with Gasteiger partial charge in [-0.05, 0) is 30.2 Å². The number of alkyl halides is 1. The second kappa shape index (κ2) is 4.47. The van der Waals surface area contributed by atoms with E-state index in [2.05, 4.69) is 40.2 Å². The molecule has 0 aliphatic heterocycles. The third kappa shape index (κ3) is 2.07. The van der Waals surface area contributed by atoms with Crippen molar-refractivity contribution >= 4 is 15.9 Å². The van der Waals surface area contributed by atoms with E-state index in [9.17, 15) is 0 Å². The summed E-state index contributed by atoms with van der Waals surface area (Å²) >= 11 is 3.44. The molecule has 0 radical (unpaired) electrons. The van der Waals surface area contributed by atoms with E-state index < -0.39 is 0 Å². The van der Waals surface area contributed by atoms with Crippen LogP contribution < -0.4 is 0 Å². The van der Waals surface area contributed by atoms with Crippen LogP contribution in [-0.4, -0.2) is 5.33 Å². The molecule has 14 heavy (non-hydrogen) atoms. The highest BCUT2D eigenvalue weighted by Crippen LogP contribution is 2.20. The standard InChI is InChI=1S/C12H11BrO/c13-7-6-10-3-1-4-11(9-10)12-5-2-8-14-12/h1-5,8-9H,6-7H2. The van der Waals surface area contributed by atoms with Crippen molar-refractivity contribution < 1.29 is 4.42 Å². The maximum absolute atomic E-state index is 5.34. The highest BCUT2D eigenvalue weighted by atomic mass is 79.9. The Kier molecular flexibility index (Phi) is 3.04. The maximum Gasteiger partial charge on any atom is 0.133 e. The molecule has 1 aromatic carbocycles. The van der Waals surface area contributed by atoms with Gasteiger partial charge in [0.2, 0.25) is 0 Å². The van der Waals surface area contributed by atoms with Crippen molar-refractivity contribution in [1.29, 1.82) is 0 Å². The van der Waals surface area contributed by atoms with Gasteiger partial charge in [0, 0.05) is 10.9 Å². The smallest absolute Gasteiger partial charge is 0.133 e. The van der Waals surface area contributed by atoms with Crippen molar-refractivity contribution in [3.05, 3.63) is 48.2 Å². The lowest BCUT2D eigenvalue weighted by Gasteiger charge is -2.00. The summed E-state index contributed by atoms with van der Waals surface area (Å²) in [4.78, 5) is 0. The molecule has 0 fully saturated rings. The average Bonchev–Trinajstić information content (AvgIpc) is 2.71. The number of benzene rings is 1. The lowest BCUT2D eigenvalue weighted by atomic mass is 10.1. The molecule has 0 saturated carbocycles. The van der Waals surface area contributed by atoms with Crippen LogP contribution in [0, 0.1) is 0 Å². The van der Waals surface area contributed by atoms with Crippen molar-refractivity contribution in [3.8, 4) is 11.3 Å². The first-order valence-electron chi connectivity index (χ1n) is 4.59. The second-order valence-electron chi connectivity index (χ2n) is 3.12. The van der Waals surface area contributed by atoms with Gasteiger partial charge in [0.1, 0.15) is 5.76 Å². The zero-order chi connectivity index (χ0) is 9.80. The quantitative estimate of drug-likeness (QED) is 0.754. The minimum absolute atomic E-state index is 0.932. The summed E-state index contributed by atoms with van der Waals surface area (Å²) in [5.74, 6) is 0.932. The third-order valence-electron chi connectivity index (χ3n) is 2.12. The minimum Gasteiger partial charge on any atom is -0.464 e. The van der Waals surface area contributed by atoms with Crippen LogP contribution in [0.4, 0.5) is 0 Å². The molecule has 0 spiro atoms. The van der Waals surface area contributed by atoms with Gasteiger partial charge in [-0.3, -0.25) is 0 Å². The van der Waals surface area contributed by atoms with Crippen molar-refractivity contribution in [1.82, 2.24) is 0 Å². The molecule has 0 aliphatic carbocycles. The second-order valence-corrected chi connectivity index (χ2v) is 3.91. The van der Waals surface area contributed by atoms with E-state index >= 15 is 0 Å². The summed E-state index contributed by atoms with van der Waals surface area (Å²) in [6, 6.07) is 12.3. The van der Waals surface area contributed by atoms with Gasteiger partial charge in [-0.25, -0.2) is 0 Å². The lowest BCUT2D eigenvalue weighted by Crippen LogP contribution is -1.85. The molecule has 0 bridgehead atoms. The molecule has 0 unspecified atom stereocenters. The van der Waals surface area contributed by atoms with Crippen LogP contribution in [0.1, 0.15) is 5.56 Å². The minimum atomic E-state index is 0.932. The molecule has 0 atom stereocenters. The van der Waals surface area contributed by atoms with Crippen molar-refractivity contribution in [2.24, 2.45) is 0 Å². The van der Waals surface area contributed by atoms with Gasteiger partial charge in [-0.2, -0.15) is 0 Å². The van der Waals surface area contributed by atoms with Crippen LogP contribution in [0.25, 0.3) is 11.3 Å². The number of hydrogen-bond donors (Lipinski definition) is 0. The highest BCUT2D eigenvalue weighted by Gasteiger charge is 2.00. The summed E-state index contributed by atoms with van der Waals surface area (Å²) < 4.78 is 5.34. The Morgan fingerprint density at radius 3 is 2.79 bits per heavy atom. The Hall–Kier alpha value is -1.02. The Labute approximate surface area is 91.9 Å². The van der Waals surface area contributed by atoms with Crippen LogP contribution in [0.15, 0.2) is 47.1 Å². The molecule has 1 heterocycles. The third-order valence-corrected chi connectivity index (χ3v) is 2.51. The average molecular weight is 251 g/mol. The highest BCUT2D eigenvalue weighted by molar-refractivity contribution is 9.09. The SMILES string of the molecule is BrCCc1cccc(-c2ccco2)c1. The van der Waals surface area contributed by atoms with E-state index in [4.69, 9.17) is 4.42 Å².